The van der Waals surface area contributed by atoms with E-state index in [1.165, 1.54) is 0 Å². The fourth-order valence-electron chi connectivity index (χ4n) is 2.15. The van der Waals surface area contributed by atoms with Crippen molar-refractivity contribution in [1.29, 1.82) is 0 Å². The number of nitrogens with zero attached hydrogens (tertiary/aromatic N) is 2. The molecule has 1 fully saturated rings. The number of carbonyl (C=O) groups excluding carboxylic acids is 1. The van der Waals surface area contributed by atoms with Crippen molar-refractivity contribution in [2.45, 2.75) is 32.7 Å². The van der Waals surface area contributed by atoms with Gasteiger partial charge in [-0.15, -0.1) is 0 Å². The molecule has 0 spiro atoms. The van der Waals surface area contributed by atoms with Crippen LogP contribution in [0, 0.1) is 5.92 Å². The first-order valence-corrected chi connectivity index (χ1v) is 6.08. The molecular formula is C12H19N3O. The SMILES string of the molecule is CCCn1cc(C(=O)C2CCCNC2)cn1. The lowest BCUT2D eigenvalue weighted by molar-refractivity contribution is 0.0899. The van der Waals surface area contributed by atoms with Crippen molar-refractivity contribution in [2.75, 3.05) is 13.1 Å². The van der Waals surface area contributed by atoms with E-state index in [0.29, 0.717) is 0 Å². The summed E-state index contributed by atoms with van der Waals surface area (Å²) in [5, 5.41) is 7.47. The van der Waals surface area contributed by atoms with Gasteiger partial charge in [-0.2, -0.15) is 5.10 Å². The molecule has 2 heterocycles. The van der Waals surface area contributed by atoms with Crippen LogP contribution in [-0.4, -0.2) is 28.7 Å². The minimum absolute atomic E-state index is 0.146. The number of aromatic nitrogens is 2. The van der Waals surface area contributed by atoms with Crippen LogP contribution in [0.4, 0.5) is 0 Å². The predicted octanol–water partition coefficient (Wildman–Crippen LogP) is 1.48. The Labute approximate surface area is 96.0 Å². The van der Waals surface area contributed by atoms with E-state index < -0.39 is 0 Å². The van der Waals surface area contributed by atoms with Crippen LogP contribution in [0.25, 0.3) is 0 Å². The first-order chi connectivity index (χ1) is 7.81. The molecule has 1 aromatic heterocycles. The van der Waals surface area contributed by atoms with Gasteiger partial charge in [-0.25, -0.2) is 0 Å². The average Bonchev–Trinajstić information content (AvgIpc) is 2.78. The van der Waals surface area contributed by atoms with Gasteiger partial charge < -0.3 is 5.32 Å². The quantitative estimate of drug-likeness (QED) is 0.783. The van der Waals surface area contributed by atoms with Gasteiger partial charge >= 0.3 is 0 Å². The lowest BCUT2D eigenvalue weighted by Crippen LogP contribution is -2.34. The van der Waals surface area contributed by atoms with Crippen LogP contribution in [0.5, 0.6) is 0 Å². The van der Waals surface area contributed by atoms with Gasteiger partial charge in [0.1, 0.15) is 0 Å². The summed E-state index contributed by atoms with van der Waals surface area (Å²) in [5.74, 6) is 0.391. The zero-order valence-corrected chi connectivity index (χ0v) is 9.78. The standard InChI is InChI=1S/C12H19N3O/c1-2-6-15-9-11(8-14-15)12(16)10-4-3-5-13-7-10/h8-10,13H,2-7H2,1H3. The highest BCUT2D eigenvalue weighted by molar-refractivity contribution is 5.97. The molecule has 0 saturated carbocycles. The van der Waals surface area contributed by atoms with Crippen LogP contribution < -0.4 is 5.32 Å². The highest BCUT2D eigenvalue weighted by atomic mass is 16.1. The summed E-state index contributed by atoms with van der Waals surface area (Å²) in [6.07, 6.45) is 6.72. The monoisotopic (exact) mass is 221 g/mol. The number of hydrogen-bond donors (Lipinski definition) is 1. The maximum Gasteiger partial charge on any atom is 0.170 e. The summed E-state index contributed by atoms with van der Waals surface area (Å²) in [4.78, 5) is 12.1. The molecule has 1 aromatic rings. The lowest BCUT2D eigenvalue weighted by Gasteiger charge is -2.20. The number of Topliss-reactive ketones (excluding diaryl/α,β-unsaturated/α-hetero) is 1. The summed E-state index contributed by atoms with van der Waals surface area (Å²) in [5.41, 5.74) is 0.766. The molecule has 0 amide bonds. The van der Waals surface area contributed by atoms with Gasteiger partial charge in [0.05, 0.1) is 11.8 Å². The highest BCUT2D eigenvalue weighted by Gasteiger charge is 2.22. The van der Waals surface area contributed by atoms with Gasteiger partial charge in [-0.3, -0.25) is 9.48 Å². The third-order valence-electron chi connectivity index (χ3n) is 3.04. The van der Waals surface area contributed by atoms with E-state index >= 15 is 0 Å². The number of carbonyl (C=O) groups is 1. The number of rotatable bonds is 4. The predicted molar refractivity (Wildman–Crippen MR) is 62.4 cm³/mol. The normalized spacial score (nSPS) is 20.9. The van der Waals surface area contributed by atoms with E-state index in [1.807, 2.05) is 10.9 Å². The van der Waals surface area contributed by atoms with E-state index in [4.69, 9.17) is 0 Å². The second kappa shape index (κ2) is 5.25. The zero-order valence-electron chi connectivity index (χ0n) is 9.78. The van der Waals surface area contributed by atoms with Crippen molar-refractivity contribution >= 4 is 5.78 Å². The van der Waals surface area contributed by atoms with Gasteiger partial charge in [-0.1, -0.05) is 6.92 Å². The summed E-state index contributed by atoms with van der Waals surface area (Å²) < 4.78 is 1.85. The first kappa shape index (κ1) is 11.3. The van der Waals surface area contributed by atoms with Crippen LogP contribution in [0.2, 0.25) is 0 Å². The largest absolute Gasteiger partial charge is 0.316 e. The number of hydrogen-bond acceptors (Lipinski definition) is 3. The van der Waals surface area contributed by atoms with Crippen LogP contribution >= 0.6 is 0 Å². The van der Waals surface area contributed by atoms with E-state index in [-0.39, 0.29) is 11.7 Å². The molecular weight excluding hydrogens is 202 g/mol. The van der Waals surface area contributed by atoms with Gasteiger partial charge in [0.2, 0.25) is 0 Å². The minimum Gasteiger partial charge on any atom is -0.316 e. The molecule has 1 atom stereocenters. The Morgan fingerprint density at radius 3 is 3.25 bits per heavy atom. The van der Waals surface area contributed by atoms with Gasteiger partial charge in [0, 0.05) is 25.2 Å². The molecule has 1 N–H and O–H groups in total. The Hall–Kier alpha value is -1.16. The van der Waals surface area contributed by atoms with E-state index in [9.17, 15) is 4.79 Å². The number of aryl methyl sites for hydroxylation is 1. The van der Waals surface area contributed by atoms with Crippen molar-refractivity contribution in [3.05, 3.63) is 18.0 Å². The molecule has 0 bridgehead atoms. The summed E-state index contributed by atoms with van der Waals surface area (Å²) in [7, 11) is 0. The highest BCUT2D eigenvalue weighted by Crippen LogP contribution is 2.16. The van der Waals surface area contributed by atoms with Crippen molar-refractivity contribution in [3.63, 3.8) is 0 Å². The Morgan fingerprint density at radius 1 is 1.69 bits per heavy atom. The maximum absolute atomic E-state index is 12.1. The van der Waals surface area contributed by atoms with Crippen molar-refractivity contribution in [3.8, 4) is 0 Å². The number of nitrogens with one attached hydrogen (secondary N) is 1. The maximum atomic E-state index is 12.1. The molecule has 1 aliphatic heterocycles. The van der Waals surface area contributed by atoms with Crippen molar-refractivity contribution in [2.24, 2.45) is 5.92 Å². The first-order valence-electron chi connectivity index (χ1n) is 6.08. The van der Waals surface area contributed by atoms with Crippen LogP contribution in [0.3, 0.4) is 0 Å². The third-order valence-corrected chi connectivity index (χ3v) is 3.04. The lowest BCUT2D eigenvalue weighted by atomic mass is 9.92. The van der Waals surface area contributed by atoms with Gasteiger partial charge in [0.15, 0.2) is 5.78 Å². The molecule has 1 saturated heterocycles. The smallest absolute Gasteiger partial charge is 0.170 e. The van der Waals surface area contributed by atoms with Gasteiger partial charge in [0.25, 0.3) is 0 Å². The zero-order chi connectivity index (χ0) is 11.4. The molecule has 0 radical (unpaired) electrons. The van der Waals surface area contributed by atoms with Crippen LogP contribution in [-0.2, 0) is 6.54 Å². The molecule has 88 valence electrons. The van der Waals surface area contributed by atoms with E-state index in [0.717, 1.165) is 44.5 Å². The molecule has 1 aliphatic rings. The Kier molecular flexibility index (Phi) is 3.72. The average molecular weight is 221 g/mol. The van der Waals surface area contributed by atoms with E-state index in [2.05, 4.69) is 17.3 Å². The summed E-state index contributed by atoms with van der Waals surface area (Å²) >= 11 is 0. The summed E-state index contributed by atoms with van der Waals surface area (Å²) in [6, 6.07) is 0. The second-order valence-electron chi connectivity index (χ2n) is 4.40. The molecule has 16 heavy (non-hydrogen) atoms. The molecule has 2 rings (SSSR count). The fourth-order valence-corrected chi connectivity index (χ4v) is 2.15. The van der Waals surface area contributed by atoms with Crippen LogP contribution in [0.15, 0.2) is 12.4 Å². The number of piperidine rings is 1. The molecule has 0 aliphatic carbocycles. The second-order valence-corrected chi connectivity index (χ2v) is 4.40. The molecule has 1 unspecified atom stereocenters. The minimum atomic E-state index is 0.146. The Morgan fingerprint density at radius 2 is 2.56 bits per heavy atom. The Balaban J connectivity index is 2.01. The number of ketones is 1. The van der Waals surface area contributed by atoms with Gasteiger partial charge in [-0.05, 0) is 25.8 Å². The fraction of sp³-hybridized carbons (Fsp3) is 0.667. The van der Waals surface area contributed by atoms with Crippen molar-refractivity contribution < 1.29 is 4.79 Å². The Bertz CT molecular complexity index is 353. The molecule has 0 aromatic carbocycles. The third kappa shape index (κ3) is 2.50. The topological polar surface area (TPSA) is 46.9 Å². The van der Waals surface area contributed by atoms with Crippen LogP contribution in [0.1, 0.15) is 36.5 Å². The van der Waals surface area contributed by atoms with Crippen molar-refractivity contribution in [1.82, 2.24) is 15.1 Å². The molecule has 4 nitrogen and oxygen atoms in total. The molecule has 4 heteroatoms. The summed E-state index contributed by atoms with van der Waals surface area (Å²) in [6.45, 7) is 4.85. The van der Waals surface area contributed by atoms with E-state index in [1.54, 1.807) is 6.20 Å².